The highest BCUT2D eigenvalue weighted by molar-refractivity contribution is 7.99. The van der Waals surface area contributed by atoms with Crippen molar-refractivity contribution in [2.45, 2.75) is 32.7 Å². The molecule has 1 saturated heterocycles. The average molecular weight is 274 g/mol. The molecule has 1 aliphatic rings. The van der Waals surface area contributed by atoms with E-state index in [9.17, 15) is 4.79 Å². The number of methoxy groups -OCH3 is 1. The summed E-state index contributed by atoms with van der Waals surface area (Å²) < 4.78 is 5.13. The average Bonchev–Trinajstić information content (AvgIpc) is 2.92. The zero-order valence-corrected chi connectivity index (χ0v) is 12.6. The predicted molar refractivity (Wildman–Crippen MR) is 76.8 cm³/mol. The van der Waals surface area contributed by atoms with Gasteiger partial charge in [-0.15, -0.1) is 0 Å². The third-order valence-corrected chi connectivity index (χ3v) is 5.04. The van der Waals surface area contributed by atoms with Crippen molar-refractivity contribution in [1.82, 2.24) is 4.90 Å². The number of nitrogens with two attached hydrogens (primary N) is 1. The molecule has 5 heteroatoms. The number of rotatable bonds is 7. The molecule has 1 amide bonds. The first kappa shape index (κ1) is 15.8. The fourth-order valence-electron chi connectivity index (χ4n) is 2.14. The second-order valence-corrected chi connectivity index (χ2v) is 6.28. The molecule has 2 atom stereocenters. The lowest BCUT2D eigenvalue weighted by Gasteiger charge is -2.36. The maximum absolute atomic E-state index is 12.7. The molecule has 0 spiro atoms. The Bertz CT molecular complexity index is 264. The minimum atomic E-state index is -0.430. The zero-order chi connectivity index (χ0) is 13.6. The van der Waals surface area contributed by atoms with Gasteiger partial charge in [-0.05, 0) is 25.5 Å². The first-order chi connectivity index (χ1) is 8.59. The lowest BCUT2D eigenvalue weighted by molar-refractivity contribution is -0.143. The van der Waals surface area contributed by atoms with Gasteiger partial charge in [0.2, 0.25) is 5.91 Å². The quantitative estimate of drug-likeness (QED) is 0.761. The van der Waals surface area contributed by atoms with E-state index in [4.69, 9.17) is 10.5 Å². The number of hydrogen-bond donors (Lipinski definition) is 1. The molecule has 106 valence electrons. The van der Waals surface area contributed by atoms with Gasteiger partial charge in [-0.2, -0.15) is 11.8 Å². The van der Waals surface area contributed by atoms with Crippen LogP contribution in [-0.2, 0) is 9.53 Å². The highest BCUT2D eigenvalue weighted by atomic mass is 32.2. The van der Waals surface area contributed by atoms with E-state index in [1.54, 1.807) is 7.11 Å². The fourth-order valence-corrected chi connectivity index (χ4v) is 3.36. The first-order valence-corrected chi connectivity index (χ1v) is 7.82. The molecular formula is C13H26N2O2S. The molecule has 0 saturated carbocycles. The SMILES string of the molecule is CCC(C)(CN)C(=O)N(CCOC)C1CCSC1. The van der Waals surface area contributed by atoms with Gasteiger partial charge in [0.1, 0.15) is 0 Å². The summed E-state index contributed by atoms with van der Waals surface area (Å²) in [5.41, 5.74) is 5.37. The number of amides is 1. The molecule has 18 heavy (non-hydrogen) atoms. The van der Waals surface area contributed by atoms with Gasteiger partial charge >= 0.3 is 0 Å². The Morgan fingerprint density at radius 3 is 2.78 bits per heavy atom. The van der Waals surface area contributed by atoms with Gasteiger partial charge < -0.3 is 15.4 Å². The van der Waals surface area contributed by atoms with Crippen molar-refractivity contribution in [2.75, 3.05) is 38.3 Å². The normalized spacial score (nSPS) is 22.8. The van der Waals surface area contributed by atoms with E-state index in [1.807, 2.05) is 30.5 Å². The van der Waals surface area contributed by atoms with Gasteiger partial charge in [0.15, 0.2) is 0 Å². The monoisotopic (exact) mass is 274 g/mol. The van der Waals surface area contributed by atoms with Crippen LogP contribution in [0.3, 0.4) is 0 Å². The minimum Gasteiger partial charge on any atom is -0.383 e. The number of hydrogen-bond acceptors (Lipinski definition) is 4. The van der Waals surface area contributed by atoms with Crippen LogP contribution in [0.4, 0.5) is 0 Å². The number of thioether (sulfide) groups is 1. The van der Waals surface area contributed by atoms with Crippen molar-refractivity contribution in [3.63, 3.8) is 0 Å². The van der Waals surface area contributed by atoms with Crippen molar-refractivity contribution in [1.29, 1.82) is 0 Å². The van der Waals surface area contributed by atoms with Crippen LogP contribution in [0.5, 0.6) is 0 Å². The van der Waals surface area contributed by atoms with Crippen molar-refractivity contribution in [2.24, 2.45) is 11.1 Å². The van der Waals surface area contributed by atoms with E-state index >= 15 is 0 Å². The first-order valence-electron chi connectivity index (χ1n) is 6.67. The Morgan fingerprint density at radius 1 is 1.61 bits per heavy atom. The van der Waals surface area contributed by atoms with Gasteiger partial charge in [0.05, 0.1) is 12.0 Å². The molecule has 2 N–H and O–H groups in total. The van der Waals surface area contributed by atoms with Crippen LogP contribution >= 0.6 is 11.8 Å². The van der Waals surface area contributed by atoms with Gasteiger partial charge in [-0.1, -0.05) is 6.92 Å². The summed E-state index contributed by atoms with van der Waals surface area (Å²) in [5, 5.41) is 0. The maximum atomic E-state index is 12.7. The van der Waals surface area contributed by atoms with Crippen molar-refractivity contribution in [3.05, 3.63) is 0 Å². The van der Waals surface area contributed by atoms with Crippen LogP contribution in [0.25, 0.3) is 0 Å². The van der Waals surface area contributed by atoms with E-state index in [1.165, 1.54) is 0 Å². The summed E-state index contributed by atoms with van der Waals surface area (Å²) >= 11 is 1.92. The summed E-state index contributed by atoms with van der Waals surface area (Å²) in [4.78, 5) is 14.7. The van der Waals surface area contributed by atoms with Gasteiger partial charge in [0, 0.05) is 32.0 Å². The molecule has 2 unspecified atom stereocenters. The molecule has 0 bridgehead atoms. The third-order valence-electron chi connectivity index (χ3n) is 3.89. The van der Waals surface area contributed by atoms with Gasteiger partial charge in [-0.25, -0.2) is 0 Å². The summed E-state index contributed by atoms with van der Waals surface area (Å²) in [6.07, 6.45) is 1.87. The summed E-state index contributed by atoms with van der Waals surface area (Å²) in [6, 6.07) is 0.357. The van der Waals surface area contributed by atoms with Crippen molar-refractivity contribution >= 4 is 17.7 Å². The Labute approximate surface area is 115 Å². The minimum absolute atomic E-state index is 0.192. The summed E-state index contributed by atoms with van der Waals surface area (Å²) in [7, 11) is 1.67. The van der Waals surface area contributed by atoms with Crippen LogP contribution in [0.2, 0.25) is 0 Å². The van der Waals surface area contributed by atoms with Crippen LogP contribution in [0, 0.1) is 5.41 Å². The van der Waals surface area contributed by atoms with Crippen LogP contribution < -0.4 is 5.73 Å². The van der Waals surface area contributed by atoms with Crippen molar-refractivity contribution in [3.8, 4) is 0 Å². The molecule has 1 fully saturated rings. The van der Waals surface area contributed by atoms with Gasteiger partial charge in [-0.3, -0.25) is 4.79 Å². The number of carbonyl (C=O) groups is 1. The Morgan fingerprint density at radius 2 is 2.33 bits per heavy atom. The van der Waals surface area contributed by atoms with E-state index in [-0.39, 0.29) is 5.91 Å². The van der Waals surface area contributed by atoms with Crippen LogP contribution in [0.1, 0.15) is 26.7 Å². The number of ether oxygens (including phenoxy) is 1. The molecule has 1 heterocycles. The van der Waals surface area contributed by atoms with Crippen LogP contribution in [-0.4, -0.2) is 55.2 Å². The summed E-state index contributed by atoms with van der Waals surface area (Å²) in [5.74, 6) is 2.38. The lowest BCUT2D eigenvalue weighted by atomic mass is 9.85. The molecule has 1 rings (SSSR count). The topological polar surface area (TPSA) is 55.6 Å². The van der Waals surface area contributed by atoms with Crippen molar-refractivity contribution < 1.29 is 9.53 Å². The third kappa shape index (κ3) is 3.62. The molecule has 4 nitrogen and oxygen atoms in total. The number of nitrogens with zero attached hydrogens (tertiary/aromatic N) is 1. The Balaban J connectivity index is 2.77. The Hall–Kier alpha value is -0.260. The summed E-state index contributed by atoms with van der Waals surface area (Å²) in [6.45, 7) is 5.68. The smallest absolute Gasteiger partial charge is 0.230 e. The number of carbonyl (C=O) groups excluding carboxylic acids is 1. The lowest BCUT2D eigenvalue weighted by Crippen LogP contribution is -2.51. The van der Waals surface area contributed by atoms with Crippen LogP contribution in [0.15, 0.2) is 0 Å². The van der Waals surface area contributed by atoms with Gasteiger partial charge in [0.25, 0.3) is 0 Å². The second kappa shape index (κ2) is 7.36. The molecule has 0 radical (unpaired) electrons. The standard InChI is InChI=1S/C13H26N2O2S/c1-4-13(2,10-14)12(16)15(6-7-17-3)11-5-8-18-9-11/h11H,4-10,14H2,1-3H3. The molecular weight excluding hydrogens is 248 g/mol. The molecule has 0 aromatic rings. The molecule has 0 aliphatic carbocycles. The second-order valence-electron chi connectivity index (χ2n) is 5.13. The highest BCUT2D eigenvalue weighted by Crippen LogP contribution is 2.28. The molecule has 0 aromatic heterocycles. The van der Waals surface area contributed by atoms with E-state index in [0.29, 0.717) is 25.7 Å². The Kier molecular flexibility index (Phi) is 6.46. The highest BCUT2D eigenvalue weighted by Gasteiger charge is 2.37. The molecule has 0 aromatic carbocycles. The fraction of sp³-hybridized carbons (Fsp3) is 0.923. The van der Waals surface area contributed by atoms with E-state index in [2.05, 4.69) is 0 Å². The zero-order valence-electron chi connectivity index (χ0n) is 11.8. The van der Waals surface area contributed by atoms with E-state index < -0.39 is 5.41 Å². The predicted octanol–water partition coefficient (Wildman–Crippen LogP) is 1.34. The molecule has 1 aliphatic heterocycles. The maximum Gasteiger partial charge on any atom is 0.230 e. The van der Waals surface area contributed by atoms with E-state index in [0.717, 1.165) is 24.3 Å². The largest absolute Gasteiger partial charge is 0.383 e.